The van der Waals surface area contributed by atoms with Gasteiger partial charge in [0, 0.05) is 10.4 Å². The Morgan fingerprint density at radius 3 is 2.67 bits per heavy atom. The predicted octanol–water partition coefficient (Wildman–Crippen LogP) is 2.00. The number of halogens is 1. The number of hydrogen-bond acceptors (Lipinski definition) is 2. The molecule has 0 saturated heterocycles. The first kappa shape index (κ1) is 10.6. The highest BCUT2D eigenvalue weighted by atomic mass is 79.9. The second kappa shape index (κ2) is 3.61. The molecule has 1 aromatic rings. The molecule has 3 nitrogen and oxygen atoms in total. The molecule has 1 saturated carbocycles. The molecule has 0 bridgehead atoms. The third-order valence-corrected chi connectivity index (χ3v) is 3.79. The number of aliphatic hydroxyl groups is 1. The van der Waals surface area contributed by atoms with E-state index in [2.05, 4.69) is 15.9 Å². The van der Waals surface area contributed by atoms with Crippen LogP contribution in [0.3, 0.4) is 0 Å². The van der Waals surface area contributed by atoms with E-state index >= 15 is 0 Å². The Morgan fingerprint density at radius 1 is 1.53 bits per heavy atom. The number of carboxylic acid groups (broad SMARTS) is 1. The van der Waals surface area contributed by atoms with Gasteiger partial charge in [-0.25, -0.2) is 0 Å². The number of benzene rings is 1. The highest BCUT2D eigenvalue weighted by molar-refractivity contribution is 9.10. The summed E-state index contributed by atoms with van der Waals surface area (Å²) in [6, 6.07) is 7.55. The van der Waals surface area contributed by atoms with Gasteiger partial charge in [0.25, 0.3) is 0 Å². The van der Waals surface area contributed by atoms with E-state index in [1.807, 2.05) is 24.3 Å². The van der Waals surface area contributed by atoms with E-state index in [0.29, 0.717) is 6.42 Å². The van der Waals surface area contributed by atoms with Gasteiger partial charge in [-0.1, -0.05) is 34.1 Å². The van der Waals surface area contributed by atoms with Gasteiger partial charge in [-0.3, -0.25) is 4.79 Å². The molecule has 2 atom stereocenters. The number of rotatable bonds is 3. The third kappa shape index (κ3) is 1.58. The summed E-state index contributed by atoms with van der Waals surface area (Å²) >= 11 is 3.39. The summed E-state index contributed by atoms with van der Waals surface area (Å²) in [6.07, 6.45) is 0.515. The van der Waals surface area contributed by atoms with Crippen LogP contribution in [-0.2, 0) is 4.79 Å². The predicted molar refractivity (Wildman–Crippen MR) is 58.7 cm³/mol. The van der Waals surface area contributed by atoms with E-state index in [-0.39, 0.29) is 12.5 Å². The van der Waals surface area contributed by atoms with Crippen LogP contribution in [0, 0.1) is 5.41 Å². The Balaban J connectivity index is 2.30. The maximum absolute atomic E-state index is 11.0. The molecule has 1 aliphatic rings. The van der Waals surface area contributed by atoms with Gasteiger partial charge >= 0.3 is 5.97 Å². The van der Waals surface area contributed by atoms with E-state index in [0.717, 1.165) is 10.0 Å². The van der Waals surface area contributed by atoms with Gasteiger partial charge in [0.15, 0.2) is 0 Å². The smallest absolute Gasteiger partial charge is 0.312 e. The molecule has 2 N–H and O–H groups in total. The van der Waals surface area contributed by atoms with Crippen molar-refractivity contribution in [2.24, 2.45) is 5.41 Å². The lowest BCUT2D eigenvalue weighted by atomic mass is 10.0. The standard InChI is InChI=1S/C11H11BrO3/c12-9-4-2-1-3-7(9)8-5-11(8,6-13)10(14)15/h1-4,8,13H,5-6H2,(H,14,15). The summed E-state index contributed by atoms with van der Waals surface area (Å²) in [5.74, 6) is -0.985. The summed E-state index contributed by atoms with van der Waals surface area (Å²) in [4.78, 5) is 11.0. The lowest BCUT2D eigenvalue weighted by Crippen LogP contribution is -2.21. The lowest BCUT2D eigenvalue weighted by molar-refractivity contribution is -0.145. The van der Waals surface area contributed by atoms with Crippen molar-refractivity contribution in [3.8, 4) is 0 Å². The summed E-state index contributed by atoms with van der Waals surface area (Å²) in [6.45, 7) is -0.297. The van der Waals surface area contributed by atoms with Crippen LogP contribution in [0.5, 0.6) is 0 Å². The molecule has 0 heterocycles. The van der Waals surface area contributed by atoms with Gasteiger partial charge in [0.1, 0.15) is 0 Å². The second-order valence-corrected chi connectivity index (χ2v) is 4.75. The fourth-order valence-electron chi connectivity index (χ4n) is 1.95. The third-order valence-electron chi connectivity index (χ3n) is 3.06. The summed E-state index contributed by atoms with van der Waals surface area (Å²) in [7, 11) is 0. The molecular formula is C11H11BrO3. The largest absolute Gasteiger partial charge is 0.481 e. The van der Waals surface area contributed by atoms with Crippen molar-refractivity contribution in [1.29, 1.82) is 0 Å². The highest BCUT2D eigenvalue weighted by Crippen LogP contribution is 2.60. The fourth-order valence-corrected chi connectivity index (χ4v) is 2.51. The molecule has 0 radical (unpaired) electrons. The van der Waals surface area contributed by atoms with Gasteiger partial charge < -0.3 is 10.2 Å². The molecule has 0 amide bonds. The van der Waals surface area contributed by atoms with Gasteiger partial charge in [-0.2, -0.15) is 0 Å². The Bertz CT molecular complexity index is 405. The fraction of sp³-hybridized carbons (Fsp3) is 0.364. The molecule has 15 heavy (non-hydrogen) atoms. The van der Waals surface area contributed by atoms with Gasteiger partial charge in [-0.05, 0) is 18.1 Å². The SMILES string of the molecule is O=C(O)C1(CO)CC1c1ccccc1Br. The average Bonchev–Trinajstić information content (AvgIpc) is 2.94. The van der Waals surface area contributed by atoms with Gasteiger partial charge in [0.2, 0.25) is 0 Å². The molecule has 1 fully saturated rings. The molecule has 0 aromatic heterocycles. The van der Waals surface area contributed by atoms with Crippen molar-refractivity contribution in [3.05, 3.63) is 34.3 Å². The van der Waals surface area contributed by atoms with Crippen LogP contribution in [0.15, 0.2) is 28.7 Å². The summed E-state index contributed by atoms with van der Waals surface area (Å²) in [5.41, 5.74) is 0.0121. The first-order chi connectivity index (χ1) is 7.12. The van der Waals surface area contributed by atoms with E-state index in [4.69, 9.17) is 10.2 Å². The van der Waals surface area contributed by atoms with Crippen molar-refractivity contribution >= 4 is 21.9 Å². The molecule has 0 aliphatic heterocycles. The Morgan fingerprint density at radius 2 is 2.20 bits per heavy atom. The molecular weight excluding hydrogens is 260 g/mol. The van der Waals surface area contributed by atoms with Gasteiger partial charge in [-0.15, -0.1) is 0 Å². The van der Waals surface area contributed by atoms with Crippen molar-refractivity contribution in [1.82, 2.24) is 0 Å². The average molecular weight is 271 g/mol. The zero-order chi connectivity index (χ0) is 11.1. The monoisotopic (exact) mass is 270 g/mol. The number of aliphatic carboxylic acids is 1. The van der Waals surface area contributed by atoms with Crippen LogP contribution >= 0.6 is 15.9 Å². The zero-order valence-corrected chi connectivity index (χ0v) is 9.57. The number of hydrogen-bond donors (Lipinski definition) is 2. The van der Waals surface area contributed by atoms with Crippen molar-refractivity contribution in [2.75, 3.05) is 6.61 Å². The quantitative estimate of drug-likeness (QED) is 0.884. The number of carboxylic acids is 1. The molecule has 2 rings (SSSR count). The Hall–Kier alpha value is -0.870. The summed E-state index contributed by atoms with van der Waals surface area (Å²) in [5, 5.41) is 18.2. The topological polar surface area (TPSA) is 57.5 Å². The molecule has 2 unspecified atom stereocenters. The van der Waals surface area contributed by atoms with Crippen LogP contribution in [0.25, 0.3) is 0 Å². The maximum atomic E-state index is 11.0. The minimum atomic E-state index is -0.954. The van der Waals surface area contributed by atoms with E-state index in [1.54, 1.807) is 0 Å². The minimum absolute atomic E-state index is 0.0735. The normalized spacial score (nSPS) is 28.8. The van der Waals surface area contributed by atoms with Crippen LogP contribution in [0.4, 0.5) is 0 Å². The van der Waals surface area contributed by atoms with Crippen LogP contribution < -0.4 is 0 Å². The molecule has 0 spiro atoms. The van der Waals surface area contributed by atoms with E-state index in [9.17, 15) is 4.79 Å². The van der Waals surface area contributed by atoms with Crippen molar-refractivity contribution in [2.45, 2.75) is 12.3 Å². The Kier molecular flexibility index (Phi) is 2.56. The van der Waals surface area contributed by atoms with Crippen LogP contribution in [-0.4, -0.2) is 22.8 Å². The Labute approximate surface area is 95.9 Å². The highest BCUT2D eigenvalue weighted by Gasteiger charge is 2.61. The molecule has 80 valence electrons. The second-order valence-electron chi connectivity index (χ2n) is 3.90. The molecule has 1 aromatic carbocycles. The van der Waals surface area contributed by atoms with Crippen molar-refractivity contribution < 1.29 is 15.0 Å². The van der Waals surface area contributed by atoms with Crippen LogP contribution in [0.2, 0.25) is 0 Å². The van der Waals surface area contributed by atoms with Crippen molar-refractivity contribution in [3.63, 3.8) is 0 Å². The maximum Gasteiger partial charge on any atom is 0.312 e. The number of carbonyl (C=O) groups is 1. The molecule has 4 heteroatoms. The zero-order valence-electron chi connectivity index (χ0n) is 7.98. The first-order valence-electron chi connectivity index (χ1n) is 4.70. The first-order valence-corrected chi connectivity index (χ1v) is 5.50. The molecule has 1 aliphatic carbocycles. The summed E-state index contributed by atoms with van der Waals surface area (Å²) < 4.78 is 0.909. The minimum Gasteiger partial charge on any atom is -0.481 e. The van der Waals surface area contributed by atoms with E-state index in [1.165, 1.54) is 0 Å². The van der Waals surface area contributed by atoms with Crippen LogP contribution in [0.1, 0.15) is 17.9 Å². The van der Waals surface area contributed by atoms with Gasteiger partial charge in [0.05, 0.1) is 12.0 Å². The number of aliphatic hydroxyl groups excluding tert-OH is 1. The lowest BCUT2D eigenvalue weighted by Gasteiger charge is -2.09. The van der Waals surface area contributed by atoms with E-state index < -0.39 is 11.4 Å².